The Kier molecular flexibility index (Phi) is 2.19. The van der Waals surface area contributed by atoms with Gasteiger partial charge in [0.1, 0.15) is 11.5 Å². The lowest BCUT2D eigenvalue weighted by molar-refractivity contribution is 0.107. The third-order valence-corrected chi connectivity index (χ3v) is 1.41. The number of rotatable bonds is 1. The summed E-state index contributed by atoms with van der Waals surface area (Å²) >= 11 is 5.14. The fourth-order valence-corrected chi connectivity index (χ4v) is 0.944. The number of pyridine rings is 1. The van der Waals surface area contributed by atoms with Crippen molar-refractivity contribution in [1.29, 1.82) is 0 Å². The lowest BCUT2D eigenvalue weighted by Gasteiger charge is -1.96. The lowest BCUT2D eigenvalue weighted by Crippen LogP contribution is -1.98. The van der Waals surface area contributed by atoms with Crippen molar-refractivity contribution in [3.05, 3.63) is 29.3 Å². The number of halogens is 2. The van der Waals surface area contributed by atoms with Crippen LogP contribution in [0.15, 0.2) is 12.3 Å². The zero-order chi connectivity index (χ0) is 8.43. The second kappa shape index (κ2) is 2.96. The Morgan fingerprint density at radius 2 is 2.36 bits per heavy atom. The van der Waals surface area contributed by atoms with Crippen molar-refractivity contribution in [2.45, 2.75) is 6.92 Å². The van der Waals surface area contributed by atoms with E-state index < -0.39 is 11.1 Å². The second-order valence-electron chi connectivity index (χ2n) is 2.09. The Balaban J connectivity index is 3.20. The van der Waals surface area contributed by atoms with Crippen LogP contribution in [-0.2, 0) is 0 Å². The SMILES string of the molecule is Cc1cc(F)cnc1C(=O)Cl. The van der Waals surface area contributed by atoms with Crippen molar-refractivity contribution in [2.24, 2.45) is 0 Å². The van der Waals surface area contributed by atoms with Gasteiger partial charge in [-0.25, -0.2) is 9.37 Å². The van der Waals surface area contributed by atoms with E-state index in [0.717, 1.165) is 6.20 Å². The average Bonchev–Trinajstić information content (AvgIpc) is 1.85. The van der Waals surface area contributed by atoms with Crippen LogP contribution in [0.4, 0.5) is 4.39 Å². The minimum Gasteiger partial charge on any atom is -0.274 e. The smallest absolute Gasteiger partial charge is 0.271 e. The summed E-state index contributed by atoms with van der Waals surface area (Å²) in [6.07, 6.45) is 0.961. The fraction of sp³-hybridized carbons (Fsp3) is 0.143. The molecule has 0 spiro atoms. The quantitative estimate of drug-likeness (QED) is 0.608. The van der Waals surface area contributed by atoms with Gasteiger partial charge >= 0.3 is 0 Å². The van der Waals surface area contributed by atoms with Crippen LogP contribution in [0, 0.1) is 12.7 Å². The van der Waals surface area contributed by atoms with Gasteiger partial charge in [-0.05, 0) is 30.2 Å². The molecular weight excluding hydrogens is 169 g/mol. The molecule has 0 aliphatic carbocycles. The van der Waals surface area contributed by atoms with Crippen LogP contribution in [0.5, 0.6) is 0 Å². The Labute approximate surface area is 68.0 Å². The zero-order valence-electron chi connectivity index (χ0n) is 5.77. The number of nitrogens with zero attached hydrogens (tertiary/aromatic N) is 1. The van der Waals surface area contributed by atoms with Crippen LogP contribution in [0.3, 0.4) is 0 Å². The van der Waals surface area contributed by atoms with Crippen LogP contribution in [0.2, 0.25) is 0 Å². The van der Waals surface area contributed by atoms with Crippen molar-refractivity contribution < 1.29 is 9.18 Å². The summed E-state index contributed by atoms with van der Waals surface area (Å²) in [6.45, 7) is 1.58. The van der Waals surface area contributed by atoms with Gasteiger partial charge in [0.05, 0.1) is 6.20 Å². The van der Waals surface area contributed by atoms with Gasteiger partial charge in [0.25, 0.3) is 5.24 Å². The monoisotopic (exact) mass is 173 g/mol. The van der Waals surface area contributed by atoms with Gasteiger partial charge in [-0.1, -0.05) is 0 Å². The molecule has 1 aromatic rings. The van der Waals surface area contributed by atoms with E-state index in [2.05, 4.69) is 4.98 Å². The topological polar surface area (TPSA) is 30.0 Å². The minimum atomic E-state index is -0.664. The van der Waals surface area contributed by atoms with Gasteiger partial charge < -0.3 is 0 Å². The zero-order valence-corrected chi connectivity index (χ0v) is 6.52. The van der Waals surface area contributed by atoms with Crippen LogP contribution < -0.4 is 0 Å². The number of carbonyl (C=O) groups is 1. The van der Waals surface area contributed by atoms with E-state index >= 15 is 0 Å². The van der Waals surface area contributed by atoms with Crippen LogP contribution >= 0.6 is 11.6 Å². The molecule has 2 nitrogen and oxygen atoms in total. The van der Waals surface area contributed by atoms with Crippen molar-refractivity contribution in [3.8, 4) is 0 Å². The maximum absolute atomic E-state index is 12.4. The van der Waals surface area contributed by atoms with E-state index in [1.807, 2.05) is 0 Å². The average molecular weight is 174 g/mol. The molecule has 4 heteroatoms. The molecule has 1 aromatic heterocycles. The van der Waals surface area contributed by atoms with Gasteiger partial charge in [-0.15, -0.1) is 0 Å². The fourth-order valence-electron chi connectivity index (χ4n) is 0.746. The lowest BCUT2D eigenvalue weighted by atomic mass is 10.2. The molecule has 0 amide bonds. The molecule has 0 saturated heterocycles. The first-order chi connectivity index (χ1) is 5.11. The molecule has 0 unspecified atom stereocenters. The minimum absolute atomic E-state index is 0.105. The maximum atomic E-state index is 12.4. The molecule has 58 valence electrons. The van der Waals surface area contributed by atoms with E-state index in [9.17, 15) is 9.18 Å². The Hall–Kier alpha value is -0.960. The summed E-state index contributed by atoms with van der Waals surface area (Å²) in [6, 6.07) is 1.21. The molecule has 0 fully saturated rings. The van der Waals surface area contributed by atoms with E-state index in [0.29, 0.717) is 5.56 Å². The van der Waals surface area contributed by atoms with Crippen molar-refractivity contribution >= 4 is 16.8 Å². The van der Waals surface area contributed by atoms with Gasteiger partial charge in [-0.3, -0.25) is 4.79 Å². The normalized spacial score (nSPS) is 9.73. The number of aryl methyl sites for hydroxylation is 1. The summed E-state index contributed by atoms with van der Waals surface area (Å²) in [7, 11) is 0. The molecule has 11 heavy (non-hydrogen) atoms. The third-order valence-electron chi connectivity index (χ3n) is 1.23. The third kappa shape index (κ3) is 1.74. The standard InChI is InChI=1S/C7H5ClFNO/c1-4-2-5(9)3-10-6(4)7(8)11/h2-3H,1H3. The molecule has 0 aliphatic heterocycles. The summed E-state index contributed by atoms with van der Waals surface area (Å²) in [4.78, 5) is 14.1. The highest BCUT2D eigenvalue weighted by atomic mass is 35.5. The molecule has 0 aliphatic rings. The predicted molar refractivity (Wildman–Crippen MR) is 39.1 cm³/mol. The Bertz CT molecular complexity index is 300. The summed E-state index contributed by atoms with van der Waals surface area (Å²) in [5.74, 6) is -0.468. The highest BCUT2D eigenvalue weighted by Gasteiger charge is 2.07. The molecule has 0 radical (unpaired) electrons. The molecule has 1 rings (SSSR count). The first-order valence-electron chi connectivity index (χ1n) is 2.93. The van der Waals surface area contributed by atoms with E-state index in [1.54, 1.807) is 6.92 Å². The van der Waals surface area contributed by atoms with Crippen molar-refractivity contribution in [1.82, 2.24) is 4.98 Å². The van der Waals surface area contributed by atoms with Gasteiger partial charge in [-0.2, -0.15) is 0 Å². The molecule has 0 atom stereocenters. The highest BCUT2D eigenvalue weighted by Crippen LogP contribution is 2.08. The first-order valence-corrected chi connectivity index (χ1v) is 3.31. The Morgan fingerprint density at radius 3 is 2.82 bits per heavy atom. The van der Waals surface area contributed by atoms with Gasteiger partial charge in [0.15, 0.2) is 0 Å². The molecule has 0 N–H and O–H groups in total. The molecular formula is C7H5ClFNO. The second-order valence-corrected chi connectivity index (χ2v) is 2.44. The molecule has 0 bridgehead atoms. The Morgan fingerprint density at radius 1 is 1.73 bits per heavy atom. The van der Waals surface area contributed by atoms with Crippen LogP contribution in [-0.4, -0.2) is 10.2 Å². The number of hydrogen-bond donors (Lipinski definition) is 0. The number of aromatic nitrogens is 1. The van der Waals surface area contributed by atoms with Crippen LogP contribution in [0.1, 0.15) is 16.1 Å². The van der Waals surface area contributed by atoms with E-state index in [4.69, 9.17) is 11.6 Å². The van der Waals surface area contributed by atoms with Gasteiger partial charge in [0.2, 0.25) is 0 Å². The maximum Gasteiger partial charge on any atom is 0.271 e. The van der Waals surface area contributed by atoms with E-state index in [-0.39, 0.29) is 5.69 Å². The van der Waals surface area contributed by atoms with Crippen LogP contribution in [0.25, 0.3) is 0 Å². The molecule has 0 saturated carbocycles. The molecule has 1 heterocycles. The largest absolute Gasteiger partial charge is 0.274 e. The first kappa shape index (κ1) is 8.14. The summed E-state index contributed by atoms with van der Waals surface area (Å²) < 4.78 is 12.4. The summed E-state index contributed by atoms with van der Waals surface area (Å²) in [5, 5.41) is -0.664. The highest BCUT2D eigenvalue weighted by molar-refractivity contribution is 6.67. The van der Waals surface area contributed by atoms with Crippen molar-refractivity contribution in [3.63, 3.8) is 0 Å². The predicted octanol–water partition coefficient (Wildman–Crippen LogP) is 1.91. The number of hydrogen-bond acceptors (Lipinski definition) is 2. The molecule has 0 aromatic carbocycles. The van der Waals surface area contributed by atoms with E-state index in [1.165, 1.54) is 6.07 Å². The number of carbonyl (C=O) groups excluding carboxylic acids is 1. The summed E-state index contributed by atoms with van der Waals surface area (Å²) in [5.41, 5.74) is 0.554. The van der Waals surface area contributed by atoms with Crippen molar-refractivity contribution in [2.75, 3.05) is 0 Å². The van der Waals surface area contributed by atoms with Gasteiger partial charge in [0, 0.05) is 0 Å².